The summed E-state index contributed by atoms with van der Waals surface area (Å²) in [6.07, 6.45) is 2.51. The number of fused-ring (bicyclic) bond motifs is 1. The summed E-state index contributed by atoms with van der Waals surface area (Å²) in [6.45, 7) is 2.98. The van der Waals surface area contributed by atoms with Crippen LogP contribution in [-0.4, -0.2) is 55.9 Å². The van der Waals surface area contributed by atoms with Gasteiger partial charge in [0, 0.05) is 52.0 Å². The van der Waals surface area contributed by atoms with Crippen LogP contribution in [0.5, 0.6) is 0 Å². The van der Waals surface area contributed by atoms with Crippen molar-refractivity contribution in [3.05, 3.63) is 36.5 Å². The number of methoxy groups -OCH3 is 2. The van der Waals surface area contributed by atoms with Crippen LogP contribution in [0.3, 0.4) is 0 Å². The molecule has 0 aliphatic carbocycles. The number of rotatable bonds is 9. The fraction of sp³-hybridized carbons (Fsp3) is 0.471. The first-order chi connectivity index (χ1) is 10.8. The predicted molar refractivity (Wildman–Crippen MR) is 86.9 cm³/mol. The molecule has 0 fully saturated rings. The van der Waals surface area contributed by atoms with Gasteiger partial charge < -0.3 is 18.9 Å². The Kier molecular flexibility index (Phi) is 6.43. The van der Waals surface area contributed by atoms with E-state index in [0.29, 0.717) is 39.3 Å². The number of benzene rings is 1. The molecule has 0 aliphatic heterocycles. The molecule has 22 heavy (non-hydrogen) atoms. The first kappa shape index (κ1) is 16.5. The number of carbonyl (C=O) groups excluding carboxylic acids is 1. The molecule has 120 valence electrons. The van der Waals surface area contributed by atoms with Gasteiger partial charge in [-0.1, -0.05) is 18.2 Å². The van der Waals surface area contributed by atoms with Gasteiger partial charge in [0.15, 0.2) is 0 Å². The second-order valence-electron chi connectivity index (χ2n) is 5.18. The average molecular weight is 304 g/mol. The van der Waals surface area contributed by atoms with Crippen LogP contribution in [0.1, 0.15) is 6.42 Å². The third-order valence-corrected chi connectivity index (χ3v) is 3.73. The van der Waals surface area contributed by atoms with Crippen molar-refractivity contribution in [2.45, 2.75) is 13.0 Å². The number of para-hydroxylation sites is 1. The molecular weight excluding hydrogens is 280 g/mol. The number of hydrogen-bond donors (Lipinski definition) is 0. The van der Waals surface area contributed by atoms with Gasteiger partial charge in [0.05, 0.1) is 13.2 Å². The van der Waals surface area contributed by atoms with Crippen LogP contribution in [0.15, 0.2) is 36.5 Å². The summed E-state index contributed by atoms with van der Waals surface area (Å²) in [6, 6.07) is 10.3. The number of carbonyl (C=O) groups is 1. The molecule has 0 unspecified atom stereocenters. The number of nitrogens with zero attached hydrogens (tertiary/aromatic N) is 2. The number of aryl methyl sites for hydroxylation is 1. The maximum Gasteiger partial charge on any atom is 0.224 e. The van der Waals surface area contributed by atoms with E-state index in [1.165, 1.54) is 5.39 Å². The molecule has 0 radical (unpaired) electrons. The average Bonchev–Trinajstić information content (AvgIpc) is 2.96. The minimum atomic E-state index is 0.131. The van der Waals surface area contributed by atoms with E-state index in [4.69, 9.17) is 9.47 Å². The summed E-state index contributed by atoms with van der Waals surface area (Å²) in [5.41, 5.74) is 1.16. The molecular formula is C17H24N2O3. The minimum absolute atomic E-state index is 0.131. The lowest BCUT2D eigenvalue weighted by Gasteiger charge is -2.22. The molecule has 0 saturated carbocycles. The number of ether oxygens (including phenoxy) is 2. The predicted octanol–water partition coefficient (Wildman–Crippen LogP) is 2.15. The molecule has 0 saturated heterocycles. The van der Waals surface area contributed by atoms with E-state index in [-0.39, 0.29) is 5.91 Å². The molecule has 1 amide bonds. The molecule has 1 aromatic heterocycles. The standard InChI is InChI=1S/C17H24N2O3/c1-21-13-11-19(12-14-22-2)17(20)8-10-18-9-7-15-5-3-4-6-16(15)18/h3-7,9H,8,10-14H2,1-2H3. The van der Waals surface area contributed by atoms with Crippen molar-refractivity contribution >= 4 is 16.8 Å². The summed E-state index contributed by atoms with van der Waals surface area (Å²) in [5, 5.41) is 1.20. The normalized spacial score (nSPS) is 11.0. The summed E-state index contributed by atoms with van der Waals surface area (Å²) in [4.78, 5) is 14.2. The van der Waals surface area contributed by atoms with Gasteiger partial charge in [0.2, 0.25) is 5.91 Å². The van der Waals surface area contributed by atoms with Crippen LogP contribution >= 0.6 is 0 Å². The zero-order chi connectivity index (χ0) is 15.8. The first-order valence-electron chi connectivity index (χ1n) is 7.55. The smallest absolute Gasteiger partial charge is 0.224 e. The van der Waals surface area contributed by atoms with Crippen LogP contribution in [-0.2, 0) is 20.8 Å². The van der Waals surface area contributed by atoms with E-state index < -0.39 is 0 Å². The zero-order valence-electron chi connectivity index (χ0n) is 13.3. The lowest BCUT2D eigenvalue weighted by atomic mass is 10.2. The Morgan fingerprint density at radius 3 is 2.45 bits per heavy atom. The third-order valence-electron chi connectivity index (χ3n) is 3.73. The Labute approximate surface area is 131 Å². The first-order valence-corrected chi connectivity index (χ1v) is 7.55. The lowest BCUT2D eigenvalue weighted by Crippen LogP contribution is -2.36. The third kappa shape index (κ3) is 4.32. The highest BCUT2D eigenvalue weighted by Gasteiger charge is 2.13. The maximum absolute atomic E-state index is 12.4. The van der Waals surface area contributed by atoms with Crippen molar-refractivity contribution in [2.75, 3.05) is 40.5 Å². The van der Waals surface area contributed by atoms with Crippen molar-refractivity contribution < 1.29 is 14.3 Å². The van der Waals surface area contributed by atoms with E-state index in [9.17, 15) is 4.79 Å². The molecule has 1 aromatic carbocycles. The van der Waals surface area contributed by atoms with Gasteiger partial charge in [-0.3, -0.25) is 4.79 Å². The van der Waals surface area contributed by atoms with E-state index in [1.54, 1.807) is 19.1 Å². The molecule has 1 heterocycles. The second-order valence-corrected chi connectivity index (χ2v) is 5.18. The molecule has 2 aromatic rings. The van der Waals surface area contributed by atoms with E-state index in [0.717, 1.165) is 5.52 Å². The van der Waals surface area contributed by atoms with E-state index in [2.05, 4.69) is 22.8 Å². The number of amides is 1. The van der Waals surface area contributed by atoms with Crippen LogP contribution in [0.2, 0.25) is 0 Å². The highest BCUT2D eigenvalue weighted by molar-refractivity contribution is 5.80. The fourth-order valence-corrected chi connectivity index (χ4v) is 2.47. The summed E-state index contributed by atoms with van der Waals surface area (Å²) >= 11 is 0. The van der Waals surface area contributed by atoms with Gasteiger partial charge in [-0.2, -0.15) is 0 Å². The van der Waals surface area contributed by atoms with Crippen molar-refractivity contribution in [2.24, 2.45) is 0 Å². The van der Waals surface area contributed by atoms with E-state index in [1.807, 2.05) is 18.3 Å². The van der Waals surface area contributed by atoms with Gasteiger partial charge in [-0.05, 0) is 17.5 Å². The van der Waals surface area contributed by atoms with Crippen molar-refractivity contribution in [1.29, 1.82) is 0 Å². The Bertz CT molecular complexity index is 586. The number of hydrogen-bond acceptors (Lipinski definition) is 3. The van der Waals surface area contributed by atoms with Crippen molar-refractivity contribution in [3.63, 3.8) is 0 Å². The molecule has 0 bridgehead atoms. The Hall–Kier alpha value is -1.85. The highest BCUT2D eigenvalue weighted by Crippen LogP contribution is 2.15. The summed E-state index contributed by atoms with van der Waals surface area (Å²) in [5.74, 6) is 0.131. The van der Waals surface area contributed by atoms with Crippen LogP contribution in [0, 0.1) is 0 Å². The molecule has 5 heteroatoms. The van der Waals surface area contributed by atoms with E-state index >= 15 is 0 Å². The molecule has 0 atom stereocenters. The molecule has 2 rings (SSSR count). The second kappa shape index (κ2) is 8.56. The van der Waals surface area contributed by atoms with Crippen LogP contribution in [0.4, 0.5) is 0 Å². The molecule has 0 N–H and O–H groups in total. The van der Waals surface area contributed by atoms with Crippen molar-refractivity contribution in [1.82, 2.24) is 9.47 Å². The SMILES string of the molecule is COCCN(CCOC)C(=O)CCn1ccc2ccccc21. The largest absolute Gasteiger partial charge is 0.383 e. The molecule has 0 aliphatic rings. The van der Waals surface area contributed by atoms with Crippen LogP contribution < -0.4 is 0 Å². The Morgan fingerprint density at radius 1 is 1.09 bits per heavy atom. The van der Waals surface area contributed by atoms with Crippen LogP contribution in [0.25, 0.3) is 10.9 Å². The molecule has 5 nitrogen and oxygen atoms in total. The minimum Gasteiger partial charge on any atom is -0.383 e. The molecule has 0 spiro atoms. The topological polar surface area (TPSA) is 43.7 Å². The van der Waals surface area contributed by atoms with Gasteiger partial charge in [-0.15, -0.1) is 0 Å². The van der Waals surface area contributed by atoms with Gasteiger partial charge >= 0.3 is 0 Å². The quantitative estimate of drug-likeness (QED) is 0.713. The lowest BCUT2D eigenvalue weighted by molar-refractivity contribution is -0.132. The summed E-state index contributed by atoms with van der Waals surface area (Å²) in [7, 11) is 3.29. The Morgan fingerprint density at radius 2 is 1.77 bits per heavy atom. The zero-order valence-corrected chi connectivity index (χ0v) is 13.3. The highest BCUT2D eigenvalue weighted by atomic mass is 16.5. The fourth-order valence-electron chi connectivity index (χ4n) is 2.47. The maximum atomic E-state index is 12.4. The van der Waals surface area contributed by atoms with Gasteiger partial charge in [-0.25, -0.2) is 0 Å². The van der Waals surface area contributed by atoms with Gasteiger partial charge in [0.1, 0.15) is 0 Å². The van der Waals surface area contributed by atoms with Crippen molar-refractivity contribution in [3.8, 4) is 0 Å². The monoisotopic (exact) mass is 304 g/mol. The Balaban J connectivity index is 1.94. The van der Waals surface area contributed by atoms with Gasteiger partial charge in [0.25, 0.3) is 0 Å². The number of aromatic nitrogens is 1. The summed E-state index contributed by atoms with van der Waals surface area (Å²) < 4.78 is 12.3.